The van der Waals surface area contributed by atoms with Crippen LogP contribution in [0.1, 0.15) is 18.1 Å². The van der Waals surface area contributed by atoms with Gasteiger partial charge >= 0.3 is 0 Å². The zero-order valence-electron chi connectivity index (χ0n) is 18.3. The monoisotopic (exact) mass is 428 g/mol. The van der Waals surface area contributed by atoms with Crippen molar-refractivity contribution in [3.05, 3.63) is 41.5 Å². The van der Waals surface area contributed by atoms with Gasteiger partial charge in [0.1, 0.15) is 5.75 Å². The third kappa shape index (κ3) is 6.83. The second-order valence-electron chi connectivity index (χ2n) is 6.28. The number of hydrogen-bond acceptors (Lipinski definition) is 8. The number of amides is 1. The van der Waals surface area contributed by atoms with E-state index in [2.05, 4.69) is 11.8 Å². The minimum atomic E-state index is -0.509. The van der Waals surface area contributed by atoms with E-state index < -0.39 is 11.9 Å². The van der Waals surface area contributed by atoms with Crippen LogP contribution >= 0.6 is 0 Å². The van der Waals surface area contributed by atoms with Crippen LogP contribution in [0.3, 0.4) is 0 Å². The van der Waals surface area contributed by atoms with Crippen LogP contribution in [0, 0.1) is 11.3 Å². The van der Waals surface area contributed by atoms with E-state index in [1.807, 2.05) is 6.07 Å². The molecule has 6 N–H and O–H groups in total. The Bertz CT molecular complexity index is 955. The van der Waals surface area contributed by atoms with Crippen LogP contribution in [-0.4, -0.2) is 40.4 Å². The van der Waals surface area contributed by atoms with Crippen molar-refractivity contribution >= 4 is 23.2 Å². The highest BCUT2D eigenvalue weighted by Gasteiger charge is 2.15. The second kappa shape index (κ2) is 11.9. The predicted molar refractivity (Wildman–Crippen MR) is 120 cm³/mol. The van der Waals surface area contributed by atoms with Crippen LogP contribution in [-0.2, 0) is 4.79 Å². The molecule has 9 nitrogen and oxygen atoms in total. The Labute approximate surface area is 181 Å². The largest absolute Gasteiger partial charge is 0.495 e. The minimum Gasteiger partial charge on any atom is -0.495 e. The molecule has 0 saturated heterocycles. The summed E-state index contributed by atoms with van der Waals surface area (Å²) in [6.45, 7) is 1.54. The van der Waals surface area contributed by atoms with Crippen molar-refractivity contribution in [1.29, 1.82) is 5.26 Å². The number of nitrogen functional groups attached to an aromatic ring is 1. The molecule has 2 aromatic rings. The van der Waals surface area contributed by atoms with Crippen LogP contribution < -0.4 is 36.1 Å². The summed E-state index contributed by atoms with van der Waals surface area (Å²) in [5.41, 5.74) is 17.9. The summed E-state index contributed by atoms with van der Waals surface area (Å²) in [5.74, 6) is 1.55. The summed E-state index contributed by atoms with van der Waals surface area (Å²) in [7, 11) is 6.14. The SMILES string of the molecule is COc1ccc(/C=C(/C#N)c2cc(OC)c(OC)c(OC)c2)cc1N.C[C@H](N)C(N)=O. The molecule has 0 aliphatic heterocycles. The number of benzene rings is 2. The number of nitriles is 1. The number of nitrogens with zero attached hydrogens (tertiary/aromatic N) is 1. The molecule has 9 heteroatoms. The zero-order valence-corrected chi connectivity index (χ0v) is 18.3. The molecule has 0 aliphatic rings. The fraction of sp³-hybridized carbons (Fsp3) is 0.273. The summed E-state index contributed by atoms with van der Waals surface area (Å²) in [4.78, 5) is 9.80. The molecule has 1 atom stereocenters. The van der Waals surface area contributed by atoms with E-state index in [0.29, 0.717) is 39.8 Å². The molecule has 0 aromatic heterocycles. The van der Waals surface area contributed by atoms with Gasteiger partial charge in [0.05, 0.1) is 51.8 Å². The van der Waals surface area contributed by atoms with Gasteiger partial charge in [0.15, 0.2) is 11.5 Å². The third-order valence-corrected chi connectivity index (χ3v) is 4.11. The van der Waals surface area contributed by atoms with Gasteiger partial charge in [-0.15, -0.1) is 0 Å². The first kappa shape index (κ1) is 25.1. The van der Waals surface area contributed by atoms with Gasteiger partial charge in [-0.25, -0.2) is 0 Å². The summed E-state index contributed by atoms with van der Waals surface area (Å²) in [6.07, 6.45) is 1.73. The van der Waals surface area contributed by atoms with Gasteiger partial charge in [0, 0.05) is 0 Å². The average molecular weight is 428 g/mol. The van der Waals surface area contributed by atoms with Crippen LogP contribution in [0.4, 0.5) is 5.69 Å². The van der Waals surface area contributed by atoms with Crippen molar-refractivity contribution in [3.63, 3.8) is 0 Å². The lowest BCUT2D eigenvalue weighted by molar-refractivity contribution is -0.118. The molecule has 1 amide bonds. The van der Waals surface area contributed by atoms with Gasteiger partial charge < -0.3 is 36.1 Å². The molecular weight excluding hydrogens is 400 g/mol. The van der Waals surface area contributed by atoms with Gasteiger partial charge in [-0.1, -0.05) is 6.07 Å². The lowest BCUT2D eigenvalue weighted by Crippen LogP contribution is -2.32. The van der Waals surface area contributed by atoms with Crippen molar-refractivity contribution in [2.24, 2.45) is 11.5 Å². The van der Waals surface area contributed by atoms with Crippen molar-refractivity contribution in [3.8, 4) is 29.1 Å². The Morgan fingerprint density at radius 1 is 1.00 bits per heavy atom. The lowest BCUT2D eigenvalue weighted by atomic mass is 10.0. The second-order valence-corrected chi connectivity index (χ2v) is 6.28. The first-order valence-corrected chi connectivity index (χ1v) is 9.12. The summed E-state index contributed by atoms with van der Waals surface area (Å²) < 4.78 is 21.1. The molecular formula is C22H28N4O5. The smallest absolute Gasteiger partial charge is 0.234 e. The van der Waals surface area contributed by atoms with Gasteiger partial charge in [0.2, 0.25) is 11.7 Å². The summed E-state index contributed by atoms with van der Waals surface area (Å²) in [5, 5.41) is 9.58. The predicted octanol–water partition coefficient (Wildman–Crippen LogP) is 2.19. The number of allylic oxidation sites excluding steroid dienone is 1. The van der Waals surface area contributed by atoms with Crippen molar-refractivity contribution in [1.82, 2.24) is 0 Å². The number of anilines is 1. The molecule has 0 aliphatic carbocycles. The summed E-state index contributed by atoms with van der Waals surface area (Å²) >= 11 is 0. The van der Waals surface area contributed by atoms with Gasteiger partial charge in [-0.3, -0.25) is 4.79 Å². The zero-order chi connectivity index (χ0) is 23.6. The number of carbonyl (C=O) groups excluding carboxylic acids is 1. The standard InChI is InChI=1S/C19H20N2O4.C3H8N2O/c1-22-16-6-5-12(8-15(16)21)7-14(11-20)13-9-17(23-2)19(25-4)18(10-13)24-3;1-2(4)3(5)6/h5-10H,21H2,1-4H3;2H,4H2,1H3,(H2,5,6)/b14-7-;/t;2-/m.0/s1. The third-order valence-electron chi connectivity index (χ3n) is 4.11. The van der Waals surface area contributed by atoms with Crippen molar-refractivity contribution in [2.75, 3.05) is 34.2 Å². The maximum atomic E-state index is 9.80. The van der Waals surface area contributed by atoms with E-state index >= 15 is 0 Å². The Morgan fingerprint density at radius 2 is 1.52 bits per heavy atom. The van der Waals surface area contributed by atoms with E-state index in [1.165, 1.54) is 21.3 Å². The minimum absolute atomic E-state index is 0.434. The molecule has 31 heavy (non-hydrogen) atoms. The lowest BCUT2D eigenvalue weighted by Gasteiger charge is -2.14. The van der Waals surface area contributed by atoms with E-state index in [0.717, 1.165) is 5.56 Å². The molecule has 0 saturated carbocycles. The van der Waals surface area contributed by atoms with Crippen LogP contribution in [0.15, 0.2) is 30.3 Å². The number of hydrogen-bond donors (Lipinski definition) is 3. The highest BCUT2D eigenvalue weighted by Crippen LogP contribution is 2.40. The number of methoxy groups -OCH3 is 4. The average Bonchev–Trinajstić information content (AvgIpc) is 2.76. The first-order chi connectivity index (χ1) is 14.7. The summed E-state index contributed by atoms with van der Waals surface area (Å²) in [6, 6.07) is 10.5. The number of ether oxygens (including phenoxy) is 4. The Balaban J connectivity index is 0.000000703. The van der Waals surface area contributed by atoms with Crippen LogP contribution in [0.5, 0.6) is 23.0 Å². The molecule has 0 fully saturated rings. The molecule has 2 rings (SSSR count). The fourth-order valence-corrected chi connectivity index (χ4v) is 2.43. The number of rotatable bonds is 7. The number of primary amides is 1. The van der Waals surface area contributed by atoms with Crippen molar-refractivity contribution < 1.29 is 23.7 Å². The highest BCUT2D eigenvalue weighted by molar-refractivity contribution is 5.91. The van der Waals surface area contributed by atoms with Crippen LogP contribution in [0.25, 0.3) is 11.6 Å². The topological polar surface area (TPSA) is 156 Å². The van der Waals surface area contributed by atoms with Gasteiger partial charge in [-0.05, 0) is 48.4 Å². The highest BCUT2D eigenvalue weighted by atomic mass is 16.5. The van der Waals surface area contributed by atoms with Crippen LogP contribution in [0.2, 0.25) is 0 Å². The molecule has 0 unspecified atom stereocenters. The van der Waals surface area contributed by atoms with Crippen molar-refractivity contribution in [2.45, 2.75) is 13.0 Å². The Morgan fingerprint density at radius 3 is 1.87 bits per heavy atom. The fourth-order valence-electron chi connectivity index (χ4n) is 2.43. The van der Waals surface area contributed by atoms with E-state index in [-0.39, 0.29) is 0 Å². The molecule has 0 bridgehead atoms. The number of carbonyl (C=O) groups is 1. The number of nitrogens with two attached hydrogens (primary N) is 3. The Hall–Kier alpha value is -3.90. The Kier molecular flexibility index (Phi) is 9.69. The van der Waals surface area contributed by atoms with E-state index in [9.17, 15) is 10.1 Å². The molecule has 0 heterocycles. The molecule has 0 spiro atoms. The van der Waals surface area contributed by atoms with E-state index in [4.69, 9.17) is 30.4 Å². The van der Waals surface area contributed by atoms with Gasteiger partial charge in [-0.2, -0.15) is 5.26 Å². The molecule has 166 valence electrons. The van der Waals surface area contributed by atoms with Gasteiger partial charge in [0.25, 0.3) is 0 Å². The first-order valence-electron chi connectivity index (χ1n) is 9.12. The van der Waals surface area contributed by atoms with E-state index in [1.54, 1.807) is 44.4 Å². The maximum absolute atomic E-state index is 9.80. The molecule has 0 radical (unpaired) electrons. The maximum Gasteiger partial charge on any atom is 0.234 e. The normalized spacial score (nSPS) is 11.3. The molecule has 2 aromatic carbocycles. The quantitative estimate of drug-likeness (QED) is 0.344.